The molecule has 1 atom stereocenters. The molecule has 0 radical (unpaired) electrons. The van der Waals surface area contributed by atoms with Gasteiger partial charge < -0.3 is 14.8 Å². The topological polar surface area (TPSA) is 54.3 Å². The van der Waals surface area contributed by atoms with E-state index in [1.807, 2.05) is 35.7 Å². The predicted octanol–water partition coefficient (Wildman–Crippen LogP) is 3.89. The fraction of sp³-hybridized carbons (Fsp3) is 0.333. The van der Waals surface area contributed by atoms with Crippen molar-refractivity contribution in [3.8, 4) is 0 Å². The highest BCUT2D eigenvalue weighted by Crippen LogP contribution is 2.24. The molecule has 3 aromatic rings. The maximum atomic E-state index is 12.8. The van der Waals surface area contributed by atoms with E-state index < -0.39 is 0 Å². The van der Waals surface area contributed by atoms with E-state index in [1.54, 1.807) is 16.2 Å². The first-order valence-electron chi connectivity index (χ1n) is 9.37. The molecule has 1 N–H and O–H groups in total. The number of aromatic nitrogens is 1. The molecule has 0 spiro atoms. The third kappa shape index (κ3) is 3.62. The van der Waals surface area contributed by atoms with E-state index in [0.717, 1.165) is 40.9 Å². The lowest BCUT2D eigenvalue weighted by Crippen LogP contribution is -2.43. The number of amides is 2. The minimum Gasteiger partial charge on any atom is -0.348 e. The van der Waals surface area contributed by atoms with Gasteiger partial charge in [0.15, 0.2) is 0 Å². The third-order valence-corrected chi connectivity index (χ3v) is 6.04. The largest absolute Gasteiger partial charge is 0.348 e. The average molecular weight is 382 g/mol. The summed E-state index contributed by atoms with van der Waals surface area (Å²) in [6.45, 7) is 3.68. The quantitative estimate of drug-likeness (QED) is 0.729. The number of aryl methyl sites for hydroxylation is 1. The molecule has 4 rings (SSSR count). The number of hydrogen-bond donors (Lipinski definition) is 1. The summed E-state index contributed by atoms with van der Waals surface area (Å²) in [4.78, 5) is 28.2. The molecule has 140 valence electrons. The second-order valence-corrected chi connectivity index (χ2v) is 7.90. The van der Waals surface area contributed by atoms with Gasteiger partial charge in [-0.05, 0) is 55.5 Å². The Kier molecular flexibility index (Phi) is 4.99. The highest BCUT2D eigenvalue weighted by molar-refractivity contribution is 7.10. The summed E-state index contributed by atoms with van der Waals surface area (Å²) in [6.07, 6.45) is 4.01. The summed E-state index contributed by atoms with van der Waals surface area (Å²) < 4.78 is 2.17. The van der Waals surface area contributed by atoms with Crippen LogP contribution in [0.15, 0.2) is 48.0 Å². The maximum Gasteiger partial charge on any atom is 0.247 e. The maximum absolute atomic E-state index is 12.8. The Morgan fingerprint density at radius 3 is 2.93 bits per heavy atom. The molecule has 0 aliphatic carbocycles. The SMILES string of the molecule is CCn1ccc2cc(NC(=O)C3CCCN3C(=O)Cc3cccs3)ccc21. The molecule has 1 aliphatic rings. The number of thiophene rings is 1. The van der Waals surface area contributed by atoms with Crippen LogP contribution in [0.25, 0.3) is 10.9 Å². The Morgan fingerprint density at radius 1 is 1.26 bits per heavy atom. The van der Waals surface area contributed by atoms with Crippen LogP contribution in [0.5, 0.6) is 0 Å². The number of fused-ring (bicyclic) bond motifs is 1. The van der Waals surface area contributed by atoms with Crippen molar-refractivity contribution in [2.45, 2.75) is 38.8 Å². The van der Waals surface area contributed by atoms with Crippen molar-refractivity contribution < 1.29 is 9.59 Å². The molecule has 0 bridgehead atoms. The molecule has 1 aromatic carbocycles. The number of hydrogen-bond acceptors (Lipinski definition) is 3. The average Bonchev–Trinajstić information content (AvgIpc) is 3.41. The molecule has 2 aromatic heterocycles. The van der Waals surface area contributed by atoms with Gasteiger partial charge in [0, 0.05) is 40.8 Å². The Morgan fingerprint density at radius 2 is 2.15 bits per heavy atom. The molecule has 5 nitrogen and oxygen atoms in total. The highest BCUT2D eigenvalue weighted by atomic mass is 32.1. The van der Waals surface area contributed by atoms with Gasteiger partial charge in [0.25, 0.3) is 0 Å². The molecule has 1 aliphatic heterocycles. The van der Waals surface area contributed by atoms with Crippen molar-refractivity contribution in [3.63, 3.8) is 0 Å². The second kappa shape index (κ2) is 7.56. The predicted molar refractivity (Wildman–Crippen MR) is 109 cm³/mol. The van der Waals surface area contributed by atoms with Crippen LogP contribution in [0, 0.1) is 0 Å². The first kappa shape index (κ1) is 17.8. The summed E-state index contributed by atoms with van der Waals surface area (Å²) in [5.74, 6) is -0.0631. The van der Waals surface area contributed by atoms with Crippen LogP contribution in [-0.4, -0.2) is 33.9 Å². The molecule has 1 fully saturated rings. The normalized spacial score (nSPS) is 16.8. The molecule has 3 heterocycles. The lowest BCUT2D eigenvalue weighted by molar-refractivity contribution is -0.136. The number of carbonyl (C=O) groups excluding carboxylic acids is 2. The summed E-state index contributed by atoms with van der Waals surface area (Å²) in [5, 5.41) is 6.08. The fourth-order valence-electron chi connectivity index (χ4n) is 3.78. The number of likely N-dealkylation sites (tertiary alicyclic amines) is 1. The van der Waals surface area contributed by atoms with Crippen LogP contribution in [-0.2, 0) is 22.6 Å². The number of nitrogens with one attached hydrogen (secondary N) is 1. The second-order valence-electron chi connectivity index (χ2n) is 6.87. The van der Waals surface area contributed by atoms with Crippen molar-refractivity contribution in [2.24, 2.45) is 0 Å². The van der Waals surface area contributed by atoms with E-state index in [1.165, 1.54) is 0 Å². The van der Waals surface area contributed by atoms with Gasteiger partial charge in [0.1, 0.15) is 6.04 Å². The van der Waals surface area contributed by atoms with Gasteiger partial charge in [-0.15, -0.1) is 11.3 Å². The van der Waals surface area contributed by atoms with Gasteiger partial charge in [-0.25, -0.2) is 0 Å². The minimum absolute atomic E-state index is 0.0329. The van der Waals surface area contributed by atoms with Crippen LogP contribution in [0.3, 0.4) is 0 Å². The number of benzene rings is 1. The minimum atomic E-state index is -0.381. The van der Waals surface area contributed by atoms with Crippen LogP contribution in [0.2, 0.25) is 0 Å². The number of nitrogens with zero attached hydrogens (tertiary/aromatic N) is 2. The summed E-state index contributed by atoms with van der Waals surface area (Å²) in [5.41, 5.74) is 1.93. The molecule has 27 heavy (non-hydrogen) atoms. The van der Waals surface area contributed by atoms with E-state index in [0.29, 0.717) is 13.0 Å². The van der Waals surface area contributed by atoms with Gasteiger partial charge >= 0.3 is 0 Å². The lowest BCUT2D eigenvalue weighted by atomic mass is 10.1. The van der Waals surface area contributed by atoms with Gasteiger partial charge in [0.2, 0.25) is 11.8 Å². The zero-order valence-corrected chi connectivity index (χ0v) is 16.2. The summed E-state index contributed by atoms with van der Waals surface area (Å²) >= 11 is 1.58. The smallest absolute Gasteiger partial charge is 0.247 e. The van der Waals surface area contributed by atoms with Gasteiger partial charge in [0.05, 0.1) is 6.42 Å². The zero-order chi connectivity index (χ0) is 18.8. The lowest BCUT2D eigenvalue weighted by Gasteiger charge is -2.24. The van der Waals surface area contributed by atoms with E-state index in [-0.39, 0.29) is 17.9 Å². The van der Waals surface area contributed by atoms with Gasteiger partial charge in [-0.3, -0.25) is 9.59 Å². The summed E-state index contributed by atoms with van der Waals surface area (Å²) in [6, 6.07) is 11.5. The zero-order valence-electron chi connectivity index (χ0n) is 15.4. The molecular weight excluding hydrogens is 358 g/mol. The van der Waals surface area contributed by atoms with E-state index in [9.17, 15) is 9.59 Å². The molecule has 0 saturated carbocycles. The number of anilines is 1. The van der Waals surface area contributed by atoms with Crippen LogP contribution < -0.4 is 5.32 Å². The van der Waals surface area contributed by atoms with E-state index in [2.05, 4.69) is 29.1 Å². The molecule has 6 heteroatoms. The van der Waals surface area contributed by atoms with Crippen molar-refractivity contribution in [1.82, 2.24) is 9.47 Å². The molecule has 2 amide bonds. The van der Waals surface area contributed by atoms with Gasteiger partial charge in [-0.2, -0.15) is 0 Å². The Hall–Kier alpha value is -2.60. The van der Waals surface area contributed by atoms with E-state index in [4.69, 9.17) is 0 Å². The molecular formula is C21H23N3O2S. The molecule has 1 saturated heterocycles. The van der Waals surface area contributed by atoms with E-state index >= 15 is 0 Å². The third-order valence-electron chi connectivity index (χ3n) is 5.16. The summed E-state index contributed by atoms with van der Waals surface area (Å²) in [7, 11) is 0. The van der Waals surface area contributed by atoms with Crippen LogP contribution >= 0.6 is 11.3 Å². The number of rotatable bonds is 5. The first-order chi connectivity index (χ1) is 13.2. The molecule has 1 unspecified atom stereocenters. The first-order valence-corrected chi connectivity index (χ1v) is 10.3. The monoisotopic (exact) mass is 381 g/mol. The number of carbonyl (C=O) groups is 2. The standard InChI is InChI=1S/C21H23N3O2S/c1-2-23-11-9-15-13-16(7-8-18(15)23)22-21(26)19-6-3-10-24(19)20(25)14-17-5-4-12-27-17/h4-5,7-9,11-13,19H,2-3,6,10,14H2,1H3,(H,22,26). The Bertz CT molecular complexity index is 961. The van der Waals surface area contributed by atoms with Crippen molar-refractivity contribution in [3.05, 3.63) is 52.9 Å². The van der Waals surface area contributed by atoms with Crippen molar-refractivity contribution in [1.29, 1.82) is 0 Å². The fourth-order valence-corrected chi connectivity index (χ4v) is 4.48. The van der Waals surface area contributed by atoms with Crippen molar-refractivity contribution in [2.75, 3.05) is 11.9 Å². The Balaban J connectivity index is 1.46. The Labute approximate surface area is 162 Å². The van der Waals surface area contributed by atoms with Gasteiger partial charge in [-0.1, -0.05) is 6.07 Å². The van der Waals surface area contributed by atoms with Crippen LogP contribution in [0.4, 0.5) is 5.69 Å². The van der Waals surface area contributed by atoms with Crippen molar-refractivity contribution >= 4 is 39.7 Å². The van der Waals surface area contributed by atoms with Crippen LogP contribution in [0.1, 0.15) is 24.6 Å². The highest BCUT2D eigenvalue weighted by Gasteiger charge is 2.34.